The first-order chi connectivity index (χ1) is 9.66. The number of ether oxygens (including phenoxy) is 1. The predicted octanol–water partition coefficient (Wildman–Crippen LogP) is 2.22. The zero-order valence-corrected chi connectivity index (χ0v) is 11.0. The second-order valence-electron chi connectivity index (χ2n) is 4.53. The topological polar surface area (TPSA) is 72.5 Å². The first-order valence-electron chi connectivity index (χ1n) is 6.40. The van der Waals surface area contributed by atoms with Gasteiger partial charge >= 0.3 is 5.97 Å². The van der Waals surface area contributed by atoms with Gasteiger partial charge in [0.2, 0.25) is 0 Å². The average Bonchev–Trinajstić information content (AvgIpc) is 2.47. The van der Waals surface area contributed by atoms with E-state index in [2.05, 4.69) is 0 Å². The summed E-state index contributed by atoms with van der Waals surface area (Å²) in [5.41, 5.74) is 7.43. The highest BCUT2D eigenvalue weighted by molar-refractivity contribution is 5.73. The molecule has 0 amide bonds. The number of hydrogen-bond acceptors (Lipinski definition) is 3. The Hall–Kier alpha value is -2.33. The van der Waals surface area contributed by atoms with E-state index in [4.69, 9.17) is 15.6 Å². The minimum Gasteiger partial charge on any atom is -0.489 e. The fraction of sp³-hybridized carbons (Fsp3) is 0.188. The third-order valence-corrected chi connectivity index (χ3v) is 2.97. The van der Waals surface area contributed by atoms with E-state index in [1.54, 1.807) is 0 Å². The van der Waals surface area contributed by atoms with Gasteiger partial charge in [-0.1, -0.05) is 48.5 Å². The Morgan fingerprint density at radius 3 is 2.45 bits per heavy atom. The van der Waals surface area contributed by atoms with Crippen LogP contribution in [0.5, 0.6) is 5.75 Å². The van der Waals surface area contributed by atoms with Crippen molar-refractivity contribution in [1.29, 1.82) is 0 Å². The fourth-order valence-corrected chi connectivity index (χ4v) is 1.87. The zero-order chi connectivity index (χ0) is 14.4. The minimum atomic E-state index is -1.01. The number of rotatable bonds is 6. The second kappa shape index (κ2) is 6.73. The Morgan fingerprint density at radius 2 is 1.75 bits per heavy atom. The number of aliphatic carboxylic acids is 1. The highest BCUT2D eigenvalue weighted by atomic mass is 16.5. The van der Waals surface area contributed by atoms with Crippen LogP contribution < -0.4 is 10.5 Å². The van der Waals surface area contributed by atoms with Crippen LogP contribution in [-0.4, -0.2) is 17.1 Å². The summed E-state index contributed by atoms with van der Waals surface area (Å²) in [5, 5.41) is 8.88. The van der Waals surface area contributed by atoms with Gasteiger partial charge in [0, 0.05) is 6.42 Å². The molecule has 0 saturated carbocycles. The molecule has 0 saturated heterocycles. The third kappa shape index (κ3) is 3.83. The molecular weight excluding hydrogens is 254 g/mol. The number of para-hydroxylation sites is 1. The van der Waals surface area contributed by atoms with Crippen LogP contribution in [0.4, 0.5) is 0 Å². The Bertz CT molecular complexity index is 569. The lowest BCUT2D eigenvalue weighted by atomic mass is 10.1. The molecule has 0 aromatic heterocycles. The summed E-state index contributed by atoms with van der Waals surface area (Å²) in [5.74, 6) is -0.337. The summed E-state index contributed by atoms with van der Waals surface area (Å²) >= 11 is 0. The van der Waals surface area contributed by atoms with Gasteiger partial charge in [0.1, 0.15) is 18.4 Å². The van der Waals surface area contributed by atoms with Crippen molar-refractivity contribution in [2.75, 3.05) is 0 Å². The van der Waals surface area contributed by atoms with E-state index in [0.29, 0.717) is 12.4 Å². The molecule has 2 rings (SSSR count). The molecule has 1 unspecified atom stereocenters. The van der Waals surface area contributed by atoms with Crippen LogP contribution in [-0.2, 0) is 17.8 Å². The Balaban J connectivity index is 2.06. The van der Waals surface area contributed by atoms with Crippen LogP contribution >= 0.6 is 0 Å². The van der Waals surface area contributed by atoms with Crippen LogP contribution in [0.2, 0.25) is 0 Å². The fourth-order valence-electron chi connectivity index (χ4n) is 1.87. The number of carboxylic acids is 1. The first-order valence-corrected chi connectivity index (χ1v) is 6.40. The summed E-state index contributed by atoms with van der Waals surface area (Å²) in [4.78, 5) is 10.8. The van der Waals surface area contributed by atoms with Crippen LogP contribution in [0.15, 0.2) is 54.6 Å². The number of benzene rings is 2. The molecular formula is C16H17NO3. The maximum atomic E-state index is 10.8. The molecule has 3 N–H and O–H groups in total. The number of nitrogens with two attached hydrogens (primary N) is 1. The smallest absolute Gasteiger partial charge is 0.320 e. The highest BCUT2D eigenvalue weighted by Crippen LogP contribution is 2.20. The van der Waals surface area contributed by atoms with Gasteiger partial charge in [-0.25, -0.2) is 0 Å². The van der Waals surface area contributed by atoms with Gasteiger partial charge < -0.3 is 15.6 Å². The second-order valence-corrected chi connectivity index (χ2v) is 4.53. The molecule has 0 heterocycles. The van der Waals surface area contributed by atoms with Crippen molar-refractivity contribution in [3.05, 3.63) is 65.7 Å². The normalized spacial score (nSPS) is 11.8. The largest absolute Gasteiger partial charge is 0.489 e. The van der Waals surface area contributed by atoms with Crippen molar-refractivity contribution in [3.8, 4) is 5.75 Å². The van der Waals surface area contributed by atoms with E-state index < -0.39 is 12.0 Å². The van der Waals surface area contributed by atoms with Gasteiger partial charge in [0.25, 0.3) is 0 Å². The van der Waals surface area contributed by atoms with Gasteiger partial charge in [0.15, 0.2) is 0 Å². The molecule has 0 radical (unpaired) electrons. The molecule has 4 heteroatoms. The standard InChI is InChI=1S/C16H17NO3/c17-14(16(18)19)10-13-8-4-5-9-15(13)20-11-12-6-2-1-3-7-12/h1-9,14H,10-11,17H2,(H,18,19). The molecule has 104 valence electrons. The van der Waals surface area contributed by atoms with Crippen molar-refractivity contribution in [1.82, 2.24) is 0 Å². The third-order valence-electron chi connectivity index (χ3n) is 2.97. The predicted molar refractivity (Wildman–Crippen MR) is 76.5 cm³/mol. The van der Waals surface area contributed by atoms with Crippen molar-refractivity contribution >= 4 is 5.97 Å². The van der Waals surface area contributed by atoms with Crippen LogP contribution in [0.1, 0.15) is 11.1 Å². The van der Waals surface area contributed by atoms with E-state index in [1.165, 1.54) is 0 Å². The molecule has 20 heavy (non-hydrogen) atoms. The zero-order valence-electron chi connectivity index (χ0n) is 11.0. The van der Waals surface area contributed by atoms with Gasteiger partial charge in [-0.2, -0.15) is 0 Å². The van der Waals surface area contributed by atoms with E-state index in [1.807, 2.05) is 54.6 Å². The molecule has 0 fully saturated rings. The summed E-state index contributed by atoms with van der Waals surface area (Å²) in [6.45, 7) is 0.445. The van der Waals surface area contributed by atoms with E-state index in [-0.39, 0.29) is 6.42 Å². The molecule has 2 aromatic rings. The van der Waals surface area contributed by atoms with Gasteiger partial charge in [0.05, 0.1) is 0 Å². The Morgan fingerprint density at radius 1 is 1.10 bits per heavy atom. The molecule has 0 aliphatic rings. The van der Waals surface area contributed by atoms with Gasteiger partial charge in [-0.3, -0.25) is 4.79 Å². The lowest BCUT2D eigenvalue weighted by Crippen LogP contribution is -2.32. The monoisotopic (exact) mass is 271 g/mol. The SMILES string of the molecule is NC(Cc1ccccc1OCc1ccccc1)C(=O)O. The summed E-state index contributed by atoms with van der Waals surface area (Å²) < 4.78 is 5.76. The average molecular weight is 271 g/mol. The quantitative estimate of drug-likeness (QED) is 0.845. The first kappa shape index (κ1) is 14.1. The lowest BCUT2D eigenvalue weighted by Gasteiger charge is -2.13. The van der Waals surface area contributed by atoms with E-state index in [0.717, 1.165) is 11.1 Å². The molecule has 1 atom stereocenters. The lowest BCUT2D eigenvalue weighted by molar-refractivity contribution is -0.138. The van der Waals surface area contributed by atoms with Crippen LogP contribution in [0, 0.1) is 0 Å². The molecule has 0 aliphatic heterocycles. The summed E-state index contributed by atoms with van der Waals surface area (Å²) in [6, 6.07) is 16.2. The minimum absolute atomic E-state index is 0.250. The number of carbonyl (C=O) groups is 1. The van der Waals surface area contributed by atoms with Crippen LogP contribution in [0.25, 0.3) is 0 Å². The molecule has 4 nitrogen and oxygen atoms in total. The van der Waals surface area contributed by atoms with E-state index in [9.17, 15) is 4.79 Å². The summed E-state index contributed by atoms with van der Waals surface area (Å²) in [7, 11) is 0. The highest BCUT2D eigenvalue weighted by Gasteiger charge is 2.14. The summed E-state index contributed by atoms with van der Waals surface area (Å²) in [6.07, 6.45) is 0.250. The van der Waals surface area contributed by atoms with Gasteiger partial charge in [-0.15, -0.1) is 0 Å². The van der Waals surface area contributed by atoms with Gasteiger partial charge in [-0.05, 0) is 17.2 Å². The van der Waals surface area contributed by atoms with Crippen molar-refractivity contribution < 1.29 is 14.6 Å². The van der Waals surface area contributed by atoms with Crippen molar-refractivity contribution in [3.63, 3.8) is 0 Å². The Labute approximate surface area is 117 Å². The number of hydrogen-bond donors (Lipinski definition) is 2. The maximum Gasteiger partial charge on any atom is 0.320 e. The molecule has 0 bridgehead atoms. The molecule has 2 aromatic carbocycles. The maximum absolute atomic E-state index is 10.8. The number of carboxylic acid groups (broad SMARTS) is 1. The van der Waals surface area contributed by atoms with Crippen molar-refractivity contribution in [2.24, 2.45) is 5.73 Å². The van der Waals surface area contributed by atoms with E-state index >= 15 is 0 Å². The molecule has 0 aliphatic carbocycles. The van der Waals surface area contributed by atoms with Crippen molar-refractivity contribution in [2.45, 2.75) is 19.1 Å². The Kier molecular flexibility index (Phi) is 4.74. The van der Waals surface area contributed by atoms with Crippen LogP contribution in [0.3, 0.4) is 0 Å². The molecule has 0 spiro atoms.